The van der Waals surface area contributed by atoms with Crippen molar-refractivity contribution in [2.45, 2.75) is 50.9 Å². The molecule has 1 aromatic rings. The van der Waals surface area contributed by atoms with Gasteiger partial charge in [0.1, 0.15) is 0 Å². The van der Waals surface area contributed by atoms with Gasteiger partial charge in [0.15, 0.2) is 5.82 Å². The molecule has 5 heteroatoms. The van der Waals surface area contributed by atoms with Crippen LogP contribution in [0.2, 0.25) is 0 Å². The summed E-state index contributed by atoms with van der Waals surface area (Å²) in [6.45, 7) is 2.16. The molecule has 4 atom stereocenters. The van der Waals surface area contributed by atoms with Gasteiger partial charge in [-0.05, 0) is 62.9 Å². The maximum Gasteiger partial charge on any atom is 0.225 e. The molecule has 3 aliphatic rings. The number of carbonyl (C=O) groups excluding carboxylic acids is 1. The lowest BCUT2D eigenvalue weighted by molar-refractivity contribution is -0.116. The molecule has 22 heavy (non-hydrogen) atoms. The van der Waals surface area contributed by atoms with Crippen LogP contribution >= 0.6 is 0 Å². The van der Waals surface area contributed by atoms with E-state index in [1.807, 2.05) is 0 Å². The van der Waals surface area contributed by atoms with Crippen LogP contribution in [-0.4, -0.2) is 29.2 Å². The molecule has 0 radical (unpaired) electrons. The molecule has 3 N–H and O–H groups in total. The molecule has 4 rings (SSSR count). The maximum atomic E-state index is 12.0. The summed E-state index contributed by atoms with van der Waals surface area (Å²) in [5.74, 6) is 3.86. The Kier molecular flexibility index (Phi) is 3.90. The van der Waals surface area contributed by atoms with Gasteiger partial charge in [-0.25, -0.2) is 0 Å². The number of aromatic nitrogens is 2. The third-order valence-corrected chi connectivity index (χ3v) is 5.94. The fourth-order valence-electron chi connectivity index (χ4n) is 4.72. The van der Waals surface area contributed by atoms with Crippen molar-refractivity contribution >= 4 is 11.7 Å². The molecule has 5 nitrogen and oxygen atoms in total. The minimum Gasteiger partial charge on any atom is -0.316 e. The topological polar surface area (TPSA) is 69.8 Å². The second kappa shape index (κ2) is 6.03. The van der Waals surface area contributed by atoms with E-state index in [1.54, 1.807) is 0 Å². The number of nitrogens with one attached hydrogen (secondary N) is 3. The van der Waals surface area contributed by atoms with Crippen molar-refractivity contribution in [3.05, 3.63) is 11.8 Å². The number of carbonyl (C=O) groups is 1. The molecule has 4 unspecified atom stereocenters. The highest BCUT2D eigenvalue weighted by molar-refractivity contribution is 5.89. The van der Waals surface area contributed by atoms with Gasteiger partial charge in [-0.15, -0.1) is 0 Å². The zero-order valence-corrected chi connectivity index (χ0v) is 13.1. The molecular weight excluding hydrogens is 276 g/mol. The number of anilines is 1. The summed E-state index contributed by atoms with van der Waals surface area (Å²) in [6.07, 6.45) is 8.24. The quantitative estimate of drug-likeness (QED) is 0.783. The zero-order valence-electron chi connectivity index (χ0n) is 13.1. The molecule has 2 bridgehead atoms. The van der Waals surface area contributed by atoms with Crippen LogP contribution in [0.3, 0.4) is 0 Å². The van der Waals surface area contributed by atoms with Crippen LogP contribution in [0, 0.1) is 17.8 Å². The van der Waals surface area contributed by atoms with E-state index in [0.717, 1.165) is 31.3 Å². The van der Waals surface area contributed by atoms with Gasteiger partial charge in [0.05, 0.1) is 0 Å². The van der Waals surface area contributed by atoms with E-state index >= 15 is 0 Å². The monoisotopic (exact) mass is 302 g/mol. The van der Waals surface area contributed by atoms with E-state index in [1.165, 1.54) is 37.8 Å². The highest BCUT2D eigenvalue weighted by Gasteiger charge is 2.40. The predicted octanol–water partition coefficient (Wildman–Crippen LogP) is 2.64. The summed E-state index contributed by atoms with van der Waals surface area (Å²) in [6, 6.07) is 2.06. The van der Waals surface area contributed by atoms with Crippen LogP contribution in [0.15, 0.2) is 6.07 Å². The Morgan fingerprint density at radius 1 is 1.32 bits per heavy atom. The number of H-pyrrole nitrogens is 1. The molecule has 3 fully saturated rings. The van der Waals surface area contributed by atoms with E-state index < -0.39 is 0 Å². The Bertz CT molecular complexity index is 535. The minimum atomic E-state index is 0.0953. The second-order valence-electron chi connectivity index (χ2n) is 7.44. The highest BCUT2D eigenvalue weighted by atomic mass is 16.1. The molecule has 2 saturated carbocycles. The summed E-state index contributed by atoms with van der Waals surface area (Å²) in [5, 5.41) is 13.8. The number of nitrogens with zero attached hydrogens (tertiary/aromatic N) is 1. The summed E-state index contributed by atoms with van der Waals surface area (Å²) in [5.41, 5.74) is 1.22. The molecule has 1 amide bonds. The smallest absolute Gasteiger partial charge is 0.225 e. The fraction of sp³-hybridized carbons (Fsp3) is 0.765. The van der Waals surface area contributed by atoms with Crippen molar-refractivity contribution in [1.82, 2.24) is 15.5 Å². The maximum absolute atomic E-state index is 12.0. The van der Waals surface area contributed by atoms with Gasteiger partial charge in [0, 0.05) is 24.1 Å². The summed E-state index contributed by atoms with van der Waals surface area (Å²) < 4.78 is 0. The number of aromatic amines is 1. The molecule has 1 aliphatic heterocycles. The van der Waals surface area contributed by atoms with Gasteiger partial charge in [-0.3, -0.25) is 9.89 Å². The molecule has 0 aromatic carbocycles. The number of rotatable bonds is 5. The molecule has 120 valence electrons. The first-order valence-electron chi connectivity index (χ1n) is 8.84. The van der Waals surface area contributed by atoms with E-state index in [4.69, 9.17) is 0 Å². The van der Waals surface area contributed by atoms with Crippen LogP contribution < -0.4 is 10.6 Å². The largest absolute Gasteiger partial charge is 0.316 e. The number of amides is 1. The highest BCUT2D eigenvalue weighted by Crippen LogP contribution is 2.52. The molecular formula is C17H26N4O. The molecule has 0 spiro atoms. The lowest BCUT2D eigenvalue weighted by atomic mass is 9.86. The summed E-state index contributed by atoms with van der Waals surface area (Å²) >= 11 is 0. The molecule has 1 aromatic heterocycles. The first-order valence-corrected chi connectivity index (χ1v) is 8.84. The van der Waals surface area contributed by atoms with Crippen LogP contribution in [0.4, 0.5) is 5.82 Å². The Hall–Kier alpha value is -1.36. The average molecular weight is 302 g/mol. The number of fused-ring (bicyclic) bond motifs is 2. The van der Waals surface area contributed by atoms with Crippen LogP contribution in [0.1, 0.15) is 56.6 Å². The minimum absolute atomic E-state index is 0.0953. The second-order valence-corrected chi connectivity index (χ2v) is 7.44. The molecule has 2 aliphatic carbocycles. The van der Waals surface area contributed by atoms with Crippen LogP contribution in [-0.2, 0) is 4.79 Å². The SMILES string of the molecule is O=C(CCC1CCNC1)Nc1cc(C2CC3CCC2C3)[nH]n1. The van der Waals surface area contributed by atoms with Crippen LogP contribution in [0.25, 0.3) is 0 Å². The average Bonchev–Trinajstić information content (AvgIpc) is 3.28. The van der Waals surface area contributed by atoms with Gasteiger partial charge in [0.2, 0.25) is 5.91 Å². The van der Waals surface area contributed by atoms with E-state index in [2.05, 4.69) is 26.9 Å². The summed E-state index contributed by atoms with van der Waals surface area (Å²) in [7, 11) is 0. The Labute approximate surface area is 131 Å². The van der Waals surface area contributed by atoms with Gasteiger partial charge in [-0.1, -0.05) is 6.42 Å². The van der Waals surface area contributed by atoms with Crippen molar-refractivity contribution < 1.29 is 4.79 Å². The third kappa shape index (κ3) is 2.91. The molecule has 2 heterocycles. The van der Waals surface area contributed by atoms with Gasteiger partial charge in [-0.2, -0.15) is 5.10 Å². The first-order chi connectivity index (χ1) is 10.8. The van der Waals surface area contributed by atoms with Crippen molar-refractivity contribution in [2.24, 2.45) is 17.8 Å². The van der Waals surface area contributed by atoms with Crippen molar-refractivity contribution in [1.29, 1.82) is 0 Å². The predicted molar refractivity (Wildman–Crippen MR) is 85.6 cm³/mol. The third-order valence-electron chi connectivity index (χ3n) is 5.94. The fourth-order valence-corrected chi connectivity index (χ4v) is 4.72. The van der Waals surface area contributed by atoms with Gasteiger partial charge >= 0.3 is 0 Å². The van der Waals surface area contributed by atoms with Gasteiger partial charge < -0.3 is 10.6 Å². The lowest BCUT2D eigenvalue weighted by Gasteiger charge is -2.19. The normalized spacial score (nSPS) is 33.5. The number of hydrogen-bond donors (Lipinski definition) is 3. The summed E-state index contributed by atoms with van der Waals surface area (Å²) in [4.78, 5) is 12.0. The van der Waals surface area contributed by atoms with Crippen molar-refractivity contribution in [3.8, 4) is 0 Å². The zero-order chi connectivity index (χ0) is 14.9. The number of hydrogen-bond acceptors (Lipinski definition) is 3. The Balaban J connectivity index is 1.29. The Morgan fingerprint density at radius 2 is 2.27 bits per heavy atom. The lowest BCUT2D eigenvalue weighted by Crippen LogP contribution is -2.15. The van der Waals surface area contributed by atoms with E-state index in [9.17, 15) is 4.79 Å². The molecule has 1 saturated heterocycles. The Morgan fingerprint density at radius 3 is 3.00 bits per heavy atom. The van der Waals surface area contributed by atoms with Gasteiger partial charge in [0.25, 0.3) is 0 Å². The first kappa shape index (κ1) is 14.2. The standard InChI is InChI=1S/C17H26N4O/c22-17(4-2-11-5-6-18-10-11)19-16-9-15(20-21-16)14-8-12-1-3-13(14)7-12/h9,11-14,18H,1-8,10H2,(H2,19,20,21,22). The van der Waals surface area contributed by atoms with Crippen molar-refractivity contribution in [2.75, 3.05) is 18.4 Å². The van der Waals surface area contributed by atoms with E-state index in [-0.39, 0.29) is 5.91 Å². The van der Waals surface area contributed by atoms with Crippen LogP contribution in [0.5, 0.6) is 0 Å². The van der Waals surface area contributed by atoms with Crippen molar-refractivity contribution in [3.63, 3.8) is 0 Å². The van der Waals surface area contributed by atoms with E-state index in [0.29, 0.717) is 24.1 Å².